The Labute approximate surface area is 147 Å². The molecule has 0 unspecified atom stereocenters. The summed E-state index contributed by atoms with van der Waals surface area (Å²) in [5.41, 5.74) is -1.73. The highest BCUT2D eigenvalue weighted by atomic mass is 32.1. The fourth-order valence-electron chi connectivity index (χ4n) is 2.51. The molecule has 1 aromatic carbocycles. The van der Waals surface area contributed by atoms with Crippen molar-refractivity contribution in [2.45, 2.75) is 19.1 Å². The summed E-state index contributed by atoms with van der Waals surface area (Å²) in [4.78, 5) is 4.68. The normalized spacial score (nSPS) is 14.4. The third-order valence-corrected chi connectivity index (χ3v) is 4.70. The SMILES string of the molecule is C[C@@H](C#Cc1cccs1)[C@](O)(Cn1cncn1)c1ccc(F)cc1F. The van der Waals surface area contributed by atoms with E-state index in [1.54, 1.807) is 6.92 Å². The summed E-state index contributed by atoms with van der Waals surface area (Å²) >= 11 is 1.48. The Morgan fingerprint density at radius 2 is 2.20 bits per heavy atom. The zero-order valence-electron chi connectivity index (χ0n) is 13.4. The molecule has 25 heavy (non-hydrogen) atoms. The topological polar surface area (TPSA) is 50.9 Å². The van der Waals surface area contributed by atoms with E-state index in [0.29, 0.717) is 0 Å². The number of hydrogen-bond acceptors (Lipinski definition) is 4. The van der Waals surface area contributed by atoms with Crippen LogP contribution in [0.15, 0.2) is 48.4 Å². The maximum Gasteiger partial charge on any atom is 0.137 e. The zero-order valence-corrected chi connectivity index (χ0v) is 14.2. The first-order valence-corrected chi connectivity index (χ1v) is 8.42. The second kappa shape index (κ2) is 7.13. The molecule has 2 atom stereocenters. The van der Waals surface area contributed by atoms with Crippen LogP contribution in [0, 0.1) is 29.4 Å². The van der Waals surface area contributed by atoms with E-state index < -0.39 is 23.2 Å². The molecule has 0 spiro atoms. The molecular weight excluding hydrogens is 344 g/mol. The number of thiophene rings is 1. The van der Waals surface area contributed by atoms with Crippen LogP contribution in [0.25, 0.3) is 0 Å². The van der Waals surface area contributed by atoms with Gasteiger partial charge in [-0.1, -0.05) is 24.0 Å². The average molecular weight is 359 g/mol. The van der Waals surface area contributed by atoms with Crippen LogP contribution in [-0.2, 0) is 12.1 Å². The lowest BCUT2D eigenvalue weighted by molar-refractivity contribution is -0.0191. The van der Waals surface area contributed by atoms with Gasteiger partial charge in [0.1, 0.15) is 29.9 Å². The van der Waals surface area contributed by atoms with Gasteiger partial charge in [0, 0.05) is 11.6 Å². The molecule has 0 aliphatic heterocycles. The summed E-state index contributed by atoms with van der Waals surface area (Å²) < 4.78 is 29.0. The highest BCUT2D eigenvalue weighted by Crippen LogP contribution is 2.33. The van der Waals surface area contributed by atoms with Gasteiger partial charge >= 0.3 is 0 Å². The average Bonchev–Trinajstić information content (AvgIpc) is 3.25. The van der Waals surface area contributed by atoms with Crippen LogP contribution >= 0.6 is 11.3 Å². The first-order chi connectivity index (χ1) is 12.0. The van der Waals surface area contributed by atoms with Crippen LogP contribution in [0.1, 0.15) is 17.4 Å². The summed E-state index contributed by atoms with van der Waals surface area (Å²) in [5, 5.41) is 17.1. The molecule has 0 amide bonds. The lowest BCUT2D eigenvalue weighted by Gasteiger charge is -2.32. The second-order valence-electron chi connectivity index (χ2n) is 5.61. The van der Waals surface area contributed by atoms with Crippen LogP contribution in [0.2, 0.25) is 0 Å². The molecule has 2 aromatic heterocycles. The number of aliphatic hydroxyl groups is 1. The first kappa shape index (κ1) is 17.3. The predicted molar refractivity (Wildman–Crippen MR) is 90.6 cm³/mol. The Balaban J connectivity index is 2.01. The van der Waals surface area contributed by atoms with E-state index in [1.165, 1.54) is 34.7 Å². The van der Waals surface area contributed by atoms with E-state index in [0.717, 1.165) is 17.0 Å². The maximum atomic E-state index is 14.4. The predicted octanol–water partition coefficient (Wildman–Crippen LogP) is 3.19. The van der Waals surface area contributed by atoms with Gasteiger partial charge in [-0.25, -0.2) is 18.4 Å². The molecule has 2 heterocycles. The van der Waals surface area contributed by atoms with Gasteiger partial charge in [0.15, 0.2) is 0 Å². The minimum absolute atomic E-state index is 0.0302. The molecule has 0 aliphatic rings. The third kappa shape index (κ3) is 3.76. The zero-order chi connectivity index (χ0) is 17.9. The molecule has 128 valence electrons. The van der Waals surface area contributed by atoms with Crippen molar-refractivity contribution >= 4 is 11.3 Å². The number of benzene rings is 1. The van der Waals surface area contributed by atoms with Gasteiger partial charge in [-0.2, -0.15) is 5.10 Å². The minimum Gasteiger partial charge on any atom is -0.382 e. The Kier molecular flexibility index (Phi) is 4.93. The van der Waals surface area contributed by atoms with E-state index in [2.05, 4.69) is 21.9 Å². The van der Waals surface area contributed by atoms with Crippen LogP contribution in [-0.4, -0.2) is 19.9 Å². The largest absolute Gasteiger partial charge is 0.382 e. The number of hydrogen-bond donors (Lipinski definition) is 1. The van der Waals surface area contributed by atoms with Crippen molar-refractivity contribution in [2.75, 3.05) is 0 Å². The molecule has 3 aromatic rings. The van der Waals surface area contributed by atoms with Crippen molar-refractivity contribution in [3.8, 4) is 11.8 Å². The first-order valence-electron chi connectivity index (χ1n) is 7.54. The Morgan fingerprint density at radius 1 is 1.36 bits per heavy atom. The molecular formula is C18H15F2N3OS. The van der Waals surface area contributed by atoms with Crippen molar-refractivity contribution in [1.82, 2.24) is 14.8 Å². The van der Waals surface area contributed by atoms with E-state index in [9.17, 15) is 13.9 Å². The van der Waals surface area contributed by atoms with Gasteiger partial charge in [0.25, 0.3) is 0 Å². The number of rotatable bonds is 4. The summed E-state index contributed by atoms with van der Waals surface area (Å²) in [7, 11) is 0. The van der Waals surface area contributed by atoms with Crippen LogP contribution in [0.5, 0.6) is 0 Å². The number of nitrogens with zero attached hydrogens (tertiary/aromatic N) is 3. The number of aromatic nitrogens is 3. The lowest BCUT2D eigenvalue weighted by Crippen LogP contribution is -2.38. The van der Waals surface area contributed by atoms with Crippen molar-refractivity contribution in [1.29, 1.82) is 0 Å². The van der Waals surface area contributed by atoms with Crippen molar-refractivity contribution in [3.05, 3.63) is 70.4 Å². The van der Waals surface area contributed by atoms with Gasteiger partial charge in [0.2, 0.25) is 0 Å². The Morgan fingerprint density at radius 3 is 2.84 bits per heavy atom. The van der Waals surface area contributed by atoms with Gasteiger partial charge < -0.3 is 5.11 Å². The molecule has 4 nitrogen and oxygen atoms in total. The molecule has 1 N–H and O–H groups in total. The van der Waals surface area contributed by atoms with Crippen molar-refractivity contribution in [2.24, 2.45) is 5.92 Å². The molecule has 7 heteroatoms. The van der Waals surface area contributed by atoms with Gasteiger partial charge in [-0.3, -0.25) is 0 Å². The second-order valence-corrected chi connectivity index (χ2v) is 6.56. The highest BCUT2D eigenvalue weighted by Gasteiger charge is 2.38. The summed E-state index contributed by atoms with van der Waals surface area (Å²) in [6, 6.07) is 6.84. The third-order valence-electron chi connectivity index (χ3n) is 3.92. The fourth-order valence-corrected chi connectivity index (χ4v) is 3.08. The van der Waals surface area contributed by atoms with E-state index in [1.807, 2.05) is 17.5 Å². The quantitative estimate of drug-likeness (QED) is 0.728. The smallest absolute Gasteiger partial charge is 0.137 e. The summed E-state index contributed by atoms with van der Waals surface area (Å²) in [6.07, 6.45) is 2.75. The Bertz CT molecular complexity index is 900. The molecule has 0 fully saturated rings. The fraction of sp³-hybridized carbons (Fsp3) is 0.222. The van der Waals surface area contributed by atoms with Gasteiger partial charge in [0.05, 0.1) is 17.3 Å². The monoisotopic (exact) mass is 359 g/mol. The van der Waals surface area contributed by atoms with Gasteiger partial charge in [-0.15, -0.1) is 11.3 Å². The van der Waals surface area contributed by atoms with E-state index in [-0.39, 0.29) is 12.1 Å². The maximum absolute atomic E-state index is 14.4. The van der Waals surface area contributed by atoms with Crippen molar-refractivity contribution in [3.63, 3.8) is 0 Å². The van der Waals surface area contributed by atoms with Crippen LogP contribution < -0.4 is 0 Å². The van der Waals surface area contributed by atoms with Crippen molar-refractivity contribution < 1.29 is 13.9 Å². The molecule has 0 aliphatic carbocycles. The molecule has 0 saturated heterocycles. The van der Waals surface area contributed by atoms with Crippen LogP contribution in [0.4, 0.5) is 8.78 Å². The van der Waals surface area contributed by atoms with Gasteiger partial charge in [-0.05, 0) is 24.4 Å². The van der Waals surface area contributed by atoms with E-state index in [4.69, 9.17) is 0 Å². The molecule has 3 rings (SSSR count). The minimum atomic E-state index is -1.70. The Hall–Kier alpha value is -2.56. The summed E-state index contributed by atoms with van der Waals surface area (Å²) in [6.45, 7) is 1.64. The van der Waals surface area contributed by atoms with Crippen LogP contribution in [0.3, 0.4) is 0 Å². The molecule has 0 saturated carbocycles. The lowest BCUT2D eigenvalue weighted by atomic mass is 9.82. The highest BCUT2D eigenvalue weighted by molar-refractivity contribution is 7.10. The number of halogens is 2. The van der Waals surface area contributed by atoms with E-state index >= 15 is 0 Å². The molecule has 0 bridgehead atoms. The standard InChI is InChI=1S/C18H15F2N3OS/c1-13(4-6-15-3-2-8-25-15)18(24,10-23-12-21-11-22-23)16-7-5-14(19)9-17(16)20/h2-3,5,7-9,11-13,24H,10H2,1H3/t13-,18+/m0/s1. The summed E-state index contributed by atoms with van der Waals surface area (Å²) in [5.74, 6) is 3.77. The molecule has 0 radical (unpaired) electrons.